The van der Waals surface area contributed by atoms with Crippen molar-refractivity contribution in [3.05, 3.63) is 54.5 Å². The average molecular weight is 350 g/mol. The number of likely N-dealkylation sites (tertiary alicyclic amines) is 1. The molecule has 132 valence electrons. The van der Waals surface area contributed by atoms with Crippen LogP contribution < -0.4 is 0 Å². The van der Waals surface area contributed by atoms with Gasteiger partial charge in [-0.2, -0.15) is 0 Å². The topological polar surface area (TPSA) is 88.3 Å². The number of benzene rings is 1. The minimum atomic E-state index is -0.876. The van der Waals surface area contributed by atoms with Crippen molar-refractivity contribution in [2.24, 2.45) is 5.41 Å². The Morgan fingerprint density at radius 1 is 1.15 bits per heavy atom. The number of carbonyl (C=O) groups is 2. The van der Waals surface area contributed by atoms with Crippen LogP contribution in [0.2, 0.25) is 0 Å². The zero-order valence-corrected chi connectivity index (χ0v) is 14.3. The molecule has 1 fully saturated rings. The molecule has 1 atom stereocenters. The third-order valence-corrected chi connectivity index (χ3v) is 4.97. The highest BCUT2D eigenvalue weighted by atomic mass is 16.4. The smallest absolute Gasteiger partial charge is 0.311 e. The minimum Gasteiger partial charge on any atom is -0.481 e. The van der Waals surface area contributed by atoms with Crippen LogP contribution in [0.5, 0.6) is 0 Å². The monoisotopic (exact) mass is 350 g/mol. The quantitative estimate of drug-likeness (QED) is 0.783. The number of carboxylic acids is 1. The third-order valence-electron chi connectivity index (χ3n) is 4.97. The second-order valence-corrected chi connectivity index (χ2v) is 6.85. The van der Waals surface area contributed by atoms with Gasteiger partial charge in [0.1, 0.15) is 12.1 Å². The molecule has 1 unspecified atom stereocenters. The van der Waals surface area contributed by atoms with Gasteiger partial charge >= 0.3 is 5.97 Å². The van der Waals surface area contributed by atoms with Crippen molar-refractivity contribution >= 4 is 22.9 Å². The minimum absolute atomic E-state index is 0.190. The number of nitrogens with zero attached hydrogens (tertiary/aromatic N) is 4. The SMILES string of the molecule is CC1(C(=O)O)CCN(C(=O)c2ccc(-n3cnc4ccccc43)nc2)C1. The highest BCUT2D eigenvalue weighted by Gasteiger charge is 2.42. The van der Waals surface area contributed by atoms with Crippen LogP contribution >= 0.6 is 0 Å². The molecule has 1 N–H and O–H groups in total. The van der Waals surface area contributed by atoms with Crippen molar-refractivity contribution in [2.75, 3.05) is 13.1 Å². The maximum atomic E-state index is 12.6. The van der Waals surface area contributed by atoms with E-state index in [2.05, 4.69) is 9.97 Å². The Hall–Kier alpha value is -3.22. The third kappa shape index (κ3) is 2.61. The van der Waals surface area contributed by atoms with Crippen molar-refractivity contribution in [1.29, 1.82) is 0 Å². The summed E-state index contributed by atoms with van der Waals surface area (Å²) in [6.45, 7) is 2.33. The van der Waals surface area contributed by atoms with Gasteiger partial charge in [0.15, 0.2) is 0 Å². The number of imidazole rings is 1. The fourth-order valence-electron chi connectivity index (χ4n) is 3.29. The summed E-state index contributed by atoms with van der Waals surface area (Å²) in [6.07, 6.45) is 3.69. The van der Waals surface area contributed by atoms with Gasteiger partial charge in [-0.15, -0.1) is 0 Å². The fraction of sp³-hybridized carbons (Fsp3) is 0.263. The molecule has 7 nitrogen and oxygen atoms in total. The van der Waals surface area contributed by atoms with Gasteiger partial charge in [-0.3, -0.25) is 14.2 Å². The van der Waals surface area contributed by atoms with Gasteiger partial charge in [0.05, 0.1) is 22.0 Å². The summed E-state index contributed by atoms with van der Waals surface area (Å²) in [5.41, 5.74) is 1.39. The van der Waals surface area contributed by atoms with E-state index < -0.39 is 11.4 Å². The van der Waals surface area contributed by atoms with E-state index in [1.807, 2.05) is 28.8 Å². The lowest BCUT2D eigenvalue weighted by Gasteiger charge is -2.20. The molecule has 0 aliphatic carbocycles. The molecule has 26 heavy (non-hydrogen) atoms. The largest absolute Gasteiger partial charge is 0.481 e. The Kier molecular flexibility index (Phi) is 3.72. The maximum Gasteiger partial charge on any atom is 0.311 e. The number of aromatic nitrogens is 3. The van der Waals surface area contributed by atoms with Gasteiger partial charge in [0, 0.05) is 19.3 Å². The van der Waals surface area contributed by atoms with Crippen molar-refractivity contribution < 1.29 is 14.7 Å². The van der Waals surface area contributed by atoms with E-state index in [9.17, 15) is 14.7 Å². The molecular formula is C19H18N4O3. The molecule has 1 amide bonds. The molecule has 2 aromatic heterocycles. The maximum absolute atomic E-state index is 12.6. The summed E-state index contributed by atoms with van der Waals surface area (Å²) < 4.78 is 1.86. The molecule has 4 rings (SSSR count). The lowest BCUT2D eigenvalue weighted by molar-refractivity contribution is -0.147. The number of amides is 1. The number of rotatable bonds is 3. The summed E-state index contributed by atoms with van der Waals surface area (Å²) in [7, 11) is 0. The van der Waals surface area contributed by atoms with E-state index in [0.717, 1.165) is 11.0 Å². The molecule has 0 bridgehead atoms. The first-order valence-corrected chi connectivity index (χ1v) is 8.39. The number of carboxylic acid groups (broad SMARTS) is 1. The van der Waals surface area contributed by atoms with Gasteiger partial charge in [-0.05, 0) is 37.6 Å². The lowest BCUT2D eigenvalue weighted by Crippen LogP contribution is -2.34. The molecule has 0 saturated carbocycles. The summed E-state index contributed by atoms with van der Waals surface area (Å²) in [5, 5.41) is 9.31. The molecule has 7 heteroatoms. The Morgan fingerprint density at radius 2 is 1.96 bits per heavy atom. The van der Waals surface area contributed by atoms with Crippen molar-refractivity contribution in [1.82, 2.24) is 19.4 Å². The normalized spacial score (nSPS) is 19.8. The van der Waals surface area contributed by atoms with Gasteiger partial charge in [0.2, 0.25) is 0 Å². The van der Waals surface area contributed by atoms with Crippen LogP contribution in [0.3, 0.4) is 0 Å². The van der Waals surface area contributed by atoms with Gasteiger partial charge in [-0.1, -0.05) is 12.1 Å². The van der Waals surface area contributed by atoms with E-state index in [1.54, 1.807) is 30.3 Å². The molecule has 1 aromatic carbocycles. The van der Waals surface area contributed by atoms with Crippen LogP contribution in [0, 0.1) is 5.41 Å². The van der Waals surface area contributed by atoms with Gasteiger partial charge < -0.3 is 10.0 Å². The highest BCUT2D eigenvalue weighted by molar-refractivity contribution is 5.95. The predicted octanol–water partition coefficient (Wildman–Crippen LogP) is 2.36. The Bertz CT molecular complexity index is 995. The Balaban J connectivity index is 1.57. The molecule has 3 aromatic rings. The molecule has 0 radical (unpaired) electrons. The van der Waals surface area contributed by atoms with E-state index in [0.29, 0.717) is 24.3 Å². The number of para-hydroxylation sites is 2. The summed E-state index contributed by atoms with van der Waals surface area (Å²) >= 11 is 0. The van der Waals surface area contributed by atoms with Crippen LogP contribution in [-0.4, -0.2) is 49.5 Å². The van der Waals surface area contributed by atoms with E-state index in [1.165, 1.54) is 6.20 Å². The summed E-state index contributed by atoms with van der Waals surface area (Å²) in [6, 6.07) is 11.2. The lowest BCUT2D eigenvalue weighted by atomic mass is 9.90. The molecule has 1 aliphatic rings. The molecule has 1 aliphatic heterocycles. The second kappa shape index (κ2) is 5.94. The van der Waals surface area contributed by atoms with Crippen molar-refractivity contribution in [2.45, 2.75) is 13.3 Å². The zero-order chi connectivity index (χ0) is 18.3. The van der Waals surface area contributed by atoms with Crippen LogP contribution in [-0.2, 0) is 4.79 Å². The number of hydrogen-bond acceptors (Lipinski definition) is 4. The molecular weight excluding hydrogens is 332 g/mol. The van der Waals surface area contributed by atoms with E-state index >= 15 is 0 Å². The standard InChI is InChI=1S/C19H18N4O3/c1-19(18(25)26)8-9-22(11-19)17(24)13-6-7-16(20-10-13)23-12-21-14-4-2-3-5-15(14)23/h2-7,10,12H,8-9,11H2,1H3,(H,25,26). The average Bonchev–Trinajstić information content (AvgIpc) is 3.26. The van der Waals surface area contributed by atoms with Crippen molar-refractivity contribution in [3.8, 4) is 5.82 Å². The van der Waals surface area contributed by atoms with E-state index in [4.69, 9.17) is 0 Å². The van der Waals surface area contributed by atoms with Crippen LogP contribution in [0.1, 0.15) is 23.7 Å². The van der Waals surface area contributed by atoms with Gasteiger partial charge in [0.25, 0.3) is 5.91 Å². The highest BCUT2D eigenvalue weighted by Crippen LogP contribution is 2.31. The number of fused-ring (bicyclic) bond motifs is 1. The van der Waals surface area contributed by atoms with Gasteiger partial charge in [-0.25, -0.2) is 9.97 Å². The molecule has 0 spiro atoms. The fourth-order valence-corrected chi connectivity index (χ4v) is 3.29. The number of hydrogen-bond donors (Lipinski definition) is 1. The Morgan fingerprint density at radius 3 is 2.65 bits per heavy atom. The number of pyridine rings is 1. The van der Waals surface area contributed by atoms with E-state index in [-0.39, 0.29) is 12.5 Å². The van der Waals surface area contributed by atoms with Crippen molar-refractivity contribution in [3.63, 3.8) is 0 Å². The number of carbonyl (C=O) groups excluding carboxylic acids is 1. The Labute approximate surface area is 149 Å². The first-order valence-electron chi connectivity index (χ1n) is 8.39. The molecule has 3 heterocycles. The predicted molar refractivity (Wildman–Crippen MR) is 95.1 cm³/mol. The van der Waals surface area contributed by atoms with Crippen LogP contribution in [0.4, 0.5) is 0 Å². The summed E-state index contributed by atoms with van der Waals surface area (Å²) in [4.78, 5) is 34.3. The molecule has 1 saturated heterocycles. The summed E-state index contributed by atoms with van der Waals surface area (Å²) in [5.74, 6) is -0.384. The first-order chi connectivity index (χ1) is 12.5. The van der Waals surface area contributed by atoms with Crippen LogP contribution in [0.15, 0.2) is 48.9 Å². The van der Waals surface area contributed by atoms with Crippen LogP contribution in [0.25, 0.3) is 16.9 Å². The first kappa shape index (κ1) is 16.3. The zero-order valence-electron chi connectivity index (χ0n) is 14.3. The number of aliphatic carboxylic acids is 1. The second-order valence-electron chi connectivity index (χ2n) is 6.85.